The smallest absolute Gasteiger partial charge is 0.231 e. The van der Waals surface area contributed by atoms with Gasteiger partial charge in [0.05, 0.1) is 20.5 Å². The average Bonchev–Trinajstić information content (AvgIpc) is 3.23. The van der Waals surface area contributed by atoms with Gasteiger partial charge in [-0.3, -0.25) is 19.2 Å². The Morgan fingerprint density at radius 1 is 0.647 bits per heavy atom. The molecule has 1 heterocycles. The van der Waals surface area contributed by atoms with E-state index in [2.05, 4.69) is 59.6 Å². The number of alkyl halides is 2. The summed E-state index contributed by atoms with van der Waals surface area (Å²) in [6, 6.07) is 0. The van der Waals surface area contributed by atoms with Crippen LogP contribution in [0.5, 0.6) is 0 Å². The van der Waals surface area contributed by atoms with Crippen molar-refractivity contribution in [3.05, 3.63) is 0 Å². The Labute approximate surface area is 219 Å². The van der Waals surface area contributed by atoms with E-state index in [1.165, 1.54) is 0 Å². The van der Waals surface area contributed by atoms with Crippen LogP contribution in [0.4, 0.5) is 0 Å². The van der Waals surface area contributed by atoms with Gasteiger partial charge in [0.15, 0.2) is 11.6 Å². The Balaban J connectivity index is 1.36. The number of carbonyl (C=O) groups is 4. The maximum Gasteiger partial charge on any atom is 0.231 e. The summed E-state index contributed by atoms with van der Waals surface area (Å²) in [6.07, 6.45) is 2.89. The molecule has 0 N–H and O–H groups in total. The molecule has 6 nitrogen and oxygen atoms in total. The summed E-state index contributed by atoms with van der Waals surface area (Å²) in [5.41, 5.74) is -3.32. The number of halogens is 2. The molecule has 1 aliphatic heterocycles. The predicted octanol–water partition coefficient (Wildman–Crippen LogP) is 3.98. The van der Waals surface area contributed by atoms with E-state index in [0.717, 1.165) is 12.8 Å². The first-order valence-corrected chi connectivity index (χ1v) is 14.4. The van der Waals surface area contributed by atoms with Crippen molar-refractivity contribution < 1.29 is 19.2 Å². The molecule has 4 bridgehead atoms. The Hall–Kier alpha value is -0.760. The van der Waals surface area contributed by atoms with Crippen LogP contribution in [-0.4, -0.2) is 69.0 Å². The monoisotopic (exact) mass is 598 g/mol. The third-order valence-corrected chi connectivity index (χ3v) is 14.5. The van der Waals surface area contributed by atoms with Gasteiger partial charge in [0.1, 0.15) is 0 Å². The summed E-state index contributed by atoms with van der Waals surface area (Å²) < 4.78 is 0. The van der Waals surface area contributed by atoms with Gasteiger partial charge in [-0.15, -0.1) is 0 Å². The third kappa shape index (κ3) is 2.31. The molecule has 0 aromatic carbocycles. The highest BCUT2D eigenvalue weighted by Crippen LogP contribution is 2.73. The number of piperazine rings is 1. The highest BCUT2D eigenvalue weighted by atomic mass is 79.9. The first kappa shape index (κ1) is 24.9. The lowest BCUT2D eigenvalue weighted by molar-refractivity contribution is -0.156. The maximum atomic E-state index is 14.0. The number of hydrogen-bond donors (Lipinski definition) is 0. The van der Waals surface area contributed by atoms with Crippen molar-refractivity contribution in [2.75, 3.05) is 26.2 Å². The van der Waals surface area contributed by atoms with Crippen LogP contribution in [0.15, 0.2) is 0 Å². The lowest BCUT2D eigenvalue weighted by Crippen LogP contribution is -2.61. The molecule has 5 fully saturated rings. The van der Waals surface area contributed by atoms with Gasteiger partial charge in [-0.25, -0.2) is 0 Å². The van der Waals surface area contributed by atoms with Gasteiger partial charge in [-0.1, -0.05) is 73.4 Å². The number of fused-ring (bicyclic) bond motifs is 4. The normalized spacial score (nSPS) is 46.5. The van der Waals surface area contributed by atoms with Crippen LogP contribution < -0.4 is 0 Å². The number of hydrogen-bond acceptors (Lipinski definition) is 4. The minimum Gasteiger partial charge on any atom is -0.339 e. The first-order valence-electron chi connectivity index (χ1n) is 12.5. The molecule has 6 atom stereocenters. The zero-order valence-corrected chi connectivity index (χ0v) is 24.3. The molecule has 0 aromatic heterocycles. The Morgan fingerprint density at radius 2 is 0.941 bits per heavy atom. The largest absolute Gasteiger partial charge is 0.339 e. The summed E-state index contributed by atoms with van der Waals surface area (Å²) in [5.74, 6) is 0.376. The first-order chi connectivity index (χ1) is 15.6. The highest BCUT2D eigenvalue weighted by Gasteiger charge is 2.78. The van der Waals surface area contributed by atoms with Crippen LogP contribution in [0.3, 0.4) is 0 Å². The SMILES string of the molecule is CC12CCC(C(=O)N3CCN(C(=O)C45CCC(C)(C(=O)C4Br)C5(C)C)CC3)(C(Br)C1=O)C2(C)C. The summed E-state index contributed by atoms with van der Waals surface area (Å²) in [7, 11) is 0. The van der Waals surface area contributed by atoms with E-state index in [-0.39, 0.29) is 23.4 Å². The van der Waals surface area contributed by atoms with Crippen molar-refractivity contribution in [1.82, 2.24) is 9.80 Å². The average molecular weight is 600 g/mol. The van der Waals surface area contributed by atoms with Crippen molar-refractivity contribution >= 4 is 55.2 Å². The lowest BCUT2D eigenvalue weighted by Gasteiger charge is -2.47. The van der Waals surface area contributed by atoms with Gasteiger partial charge in [-0.2, -0.15) is 0 Å². The lowest BCUT2D eigenvalue weighted by atomic mass is 9.64. The Morgan fingerprint density at radius 3 is 1.18 bits per heavy atom. The quantitative estimate of drug-likeness (QED) is 0.450. The van der Waals surface area contributed by atoms with Gasteiger partial charge < -0.3 is 9.80 Å². The number of carbonyl (C=O) groups excluding carboxylic acids is 4. The van der Waals surface area contributed by atoms with E-state index < -0.39 is 42.1 Å². The van der Waals surface area contributed by atoms with Gasteiger partial charge >= 0.3 is 0 Å². The minimum absolute atomic E-state index is 0.0439. The zero-order valence-electron chi connectivity index (χ0n) is 21.1. The van der Waals surface area contributed by atoms with E-state index in [4.69, 9.17) is 0 Å². The molecule has 0 aromatic rings. The second kappa shape index (κ2) is 6.96. The molecule has 5 rings (SSSR count). The third-order valence-electron chi connectivity index (χ3n) is 12.1. The number of rotatable bonds is 2. The van der Waals surface area contributed by atoms with Crippen molar-refractivity contribution in [2.24, 2.45) is 32.5 Å². The second-order valence-corrected chi connectivity index (χ2v) is 14.7. The van der Waals surface area contributed by atoms with Gasteiger partial charge in [0.25, 0.3) is 0 Å². The van der Waals surface area contributed by atoms with Crippen LogP contribution in [0, 0.1) is 32.5 Å². The van der Waals surface area contributed by atoms with Crippen molar-refractivity contribution in [1.29, 1.82) is 0 Å². The molecule has 34 heavy (non-hydrogen) atoms. The van der Waals surface area contributed by atoms with Gasteiger partial charge in [0, 0.05) is 37.0 Å². The molecule has 2 amide bonds. The molecule has 8 heteroatoms. The van der Waals surface area contributed by atoms with E-state index in [9.17, 15) is 19.2 Å². The number of ketones is 2. The van der Waals surface area contributed by atoms with Crippen LogP contribution in [0.2, 0.25) is 0 Å². The molecular formula is C26H36Br2N2O4. The van der Waals surface area contributed by atoms with Crippen LogP contribution in [-0.2, 0) is 19.2 Å². The number of nitrogens with zero attached hydrogens (tertiary/aromatic N) is 2. The number of amides is 2. The molecule has 5 aliphatic rings. The standard InChI is InChI=1S/C26H36Br2N2O4/c1-21(2)23(5)7-9-25(21,15(27)17(23)31)19(33)29-11-13-30(14-12-29)20(34)26-10-8-24(6,22(26,3)4)18(32)16(26)28/h15-16H,7-14H2,1-6H3. The Bertz CT molecular complexity index is 938. The van der Waals surface area contributed by atoms with Crippen molar-refractivity contribution in [3.8, 4) is 0 Å². The van der Waals surface area contributed by atoms with Crippen LogP contribution >= 0.6 is 31.9 Å². The zero-order chi connectivity index (χ0) is 25.3. The molecule has 4 saturated carbocycles. The Kier molecular flexibility index (Phi) is 5.10. The van der Waals surface area contributed by atoms with Crippen LogP contribution in [0.1, 0.15) is 67.2 Å². The minimum atomic E-state index is -0.738. The predicted molar refractivity (Wildman–Crippen MR) is 136 cm³/mol. The van der Waals surface area contributed by atoms with E-state index in [0.29, 0.717) is 39.0 Å². The fourth-order valence-corrected chi connectivity index (χ4v) is 11.5. The highest BCUT2D eigenvalue weighted by molar-refractivity contribution is 9.10. The second-order valence-electron chi connectivity index (χ2n) is 12.9. The van der Waals surface area contributed by atoms with Crippen LogP contribution in [0.25, 0.3) is 0 Å². The maximum absolute atomic E-state index is 14.0. The van der Waals surface area contributed by atoms with Gasteiger partial charge in [-0.05, 0) is 36.5 Å². The fourth-order valence-electron chi connectivity index (χ4n) is 8.53. The molecule has 6 unspecified atom stereocenters. The molecule has 188 valence electrons. The van der Waals surface area contributed by atoms with E-state index >= 15 is 0 Å². The fraction of sp³-hybridized carbons (Fsp3) is 0.846. The summed E-state index contributed by atoms with van der Waals surface area (Å²) in [6.45, 7) is 14.2. The molecule has 4 aliphatic carbocycles. The molecule has 1 saturated heterocycles. The van der Waals surface area contributed by atoms with Gasteiger partial charge in [0.2, 0.25) is 11.8 Å². The summed E-state index contributed by atoms with van der Waals surface area (Å²) in [4.78, 5) is 57.0. The van der Waals surface area contributed by atoms with Crippen molar-refractivity contribution in [2.45, 2.75) is 76.9 Å². The summed E-state index contributed by atoms with van der Waals surface area (Å²) >= 11 is 7.26. The van der Waals surface area contributed by atoms with E-state index in [1.54, 1.807) is 0 Å². The topological polar surface area (TPSA) is 74.8 Å². The molecule has 0 spiro atoms. The molecule has 0 radical (unpaired) electrons. The summed E-state index contributed by atoms with van der Waals surface area (Å²) in [5, 5.41) is 0. The molecular weight excluding hydrogens is 564 g/mol. The van der Waals surface area contributed by atoms with E-state index in [1.807, 2.05) is 23.6 Å². The van der Waals surface area contributed by atoms with Crippen molar-refractivity contribution in [3.63, 3.8) is 0 Å². The number of Topliss-reactive ketones (excluding diaryl/α,β-unsaturated/α-hetero) is 2.